The molecule has 1 aliphatic rings. The predicted octanol–water partition coefficient (Wildman–Crippen LogP) is 3.80. The molecule has 0 spiro atoms. The number of hydrogen-bond acceptors (Lipinski definition) is 4. The SMILES string of the molecule is COc1cccc(-c2cc(Cl)cc3c2OCCO3)c1OC. The summed E-state index contributed by atoms with van der Waals surface area (Å²) in [6.45, 7) is 1.02. The number of fused-ring (bicyclic) bond motifs is 1. The summed E-state index contributed by atoms with van der Waals surface area (Å²) in [5.41, 5.74) is 1.68. The average Bonchev–Trinajstić information content (AvgIpc) is 2.53. The van der Waals surface area contributed by atoms with Crippen LogP contribution in [0.5, 0.6) is 23.0 Å². The van der Waals surface area contributed by atoms with E-state index in [4.69, 9.17) is 30.5 Å². The van der Waals surface area contributed by atoms with E-state index in [2.05, 4.69) is 0 Å². The molecule has 0 aromatic heterocycles. The molecule has 4 nitrogen and oxygen atoms in total. The molecule has 110 valence electrons. The first-order valence-electron chi connectivity index (χ1n) is 6.55. The summed E-state index contributed by atoms with van der Waals surface area (Å²) in [5.74, 6) is 2.62. The number of ether oxygens (including phenoxy) is 4. The van der Waals surface area contributed by atoms with Crippen molar-refractivity contribution in [2.45, 2.75) is 0 Å². The number of halogens is 1. The molecular weight excluding hydrogens is 292 g/mol. The summed E-state index contributed by atoms with van der Waals surface area (Å²) in [6, 6.07) is 9.27. The van der Waals surface area contributed by atoms with E-state index < -0.39 is 0 Å². The largest absolute Gasteiger partial charge is 0.493 e. The first kappa shape index (κ1) is 13.9. The molecule has 21 heavy (non-hydrogen) atoms. The van der Waals surface area contributed by atoms with E-state index in [0.717, 1.165) is 11.1 Å². The minimum atomic E-state index is 0.508. The standard InChI is InChI=1S/C16H15ClO4/c1-18-13-5-3-4-11(15(13)19-2)12-8-10(17)9-14-16(12)21-7-6-20-14/h3-5,8-9H,6-7H2,1-2H3. The Bertz CT molecular complexity index is 670. The van der Waals surface area contributed by atoms with Crippen LogP contribution in [0.15, 0.2) is 30.3 Å². The summed E-state index contributed by atoms with van der Waals surface area (Å²) in [7, 11) is 3.21. The maximum Gasteiger partial charge on any atom is 0.169 e. The van der Waals surface area contributed by atoms with E-state index in [0.29, 0.717) is 41.2 Å². The number of rotatable bonds is 3. The van der Waals surface area contributed by atoms with Crippen molar-refractivity contribution in [1.82, 2.24) is 0 Å². The molecule has 0 radical (unpaired) electrons. The Balaban J connectivity index is 2.23. The van der Waals surface area contributed by atoms with Crippen molar-refractivity contribution < 1.29 is 18.9 Å². The quantitative estimate of drug-likeness (QED) is 0.864. The zero-order chi connectivity index (χ0) is 14.8. The lowest BCUT2D eigenvalue weighted by Crippen LogP contribution is -2.16. The summed E-state index contributed by atoms with van der Waals surface area (Å²) in [6.07, 6.45) is 0. The van der Waals surface area contributed by atoms with Crippen molar-refractivity contribution in [3.8, 4) is 34.1 Å². The van der Waals surface area contributed by atoms with E-state index in [1.165, 1.54) is 0 Å². The minimum absolute atomic E-state index is 0.508. The molecule has 0 unspecified atom stereocenters. The number of methoxy groups -OCH3 is 2. The van der Waals surface area contributed by atoms with Gasteiger partial charge in [-0.15, -0.1) is 0 Å². The van der Waals surface area contributed by atoms with Gasteiger partial charge in [0.15, 0.2) is 23.0 Å². The van der Waals surface area contributed by atoms with Crippen LogP contribution in [0.1, 0.15) is 0 Å². The van der Waals surface area contributed by atoms with Crippen LogP contribution in [0, 0.1) is 0 Å². The molecule has 0 amide bonds. The Kier molecular flexibility index (Phi) is 3.80. The maximum absolute atomic E-state index is 6.19. The third kappa shape index (κ3) is 2.47. The van der Waals surface area contributed by atoms with Crippen LogP contribution in [0.25, 0.3) is 11.1 Å². The van der Waals surface area contributed by atoms with Gasteiger partial charge in [-0.1, -0.05) is 23.7 Å². The molecular formula is C16H15ClO4. The molecule has 1 heterocycles. The van der Waals surface area contributed by atoms with Gasteiger partial charge in [0.2, 0.25) is 0 Å². The van der Waals surface area contributed by atoms with Crippen molar-refractivity contribution in [1.29, 1.82) is 0 Å². The number of hydrogen-bond donors (Lipinski definition) is 0. The lowest BCUT2D eigenvalue weighted by Gasteiger charge is -2.22. The van der Waals surface area contributed by atoms with Crippen LogP contribution in [-0.2, 0) is 0 Å². The van der Waals surface area contributed by atoms with E-state index in [1.54, 1.807) is 20.3 Å². The van der Waals surface area contributed by atoms with E-state index in [-0.39, 0.29) is 0 Å². The summed E-state index contributed by atoms with van der Waals surface area (Å²) in [5, 5.41) is 0.583. The van der Waals surface area contributed by atoms with Gasteiger partial charge in [0.25, 0.3) is 0 Å². The van der Waals surface area contributed by atoms with E-state index in [1.807, 2.05) is 24.3 Å². The molecule has 0 fully saturated rings. The van der Waals surface area contributed by atoms with Gasteiger partial charge in [-0.05, 0) is 12.1 Å². The maximum atomic E-state index is 6.19. The lowest BCUT2D eigenvalue weighted by atomic mass is 10.0. The van der Waals surface area contributed by atoms with Gasteiger partial charge >= 0.3 is 0 Å². The topological polar surface area (TPSA) is 36.9 Å². The minimum Gasteiger partial charge on any atom is -0.493 e. The van der Waals surface area contributed by atoms with Crippen LogP contribution < -0.4 is 18.9 Å². The van der Waals surface area contributed by atoms with Crippen molar-refractivity contribution in [3.05, 3.63) is 35.4 Å². The van der Waals surface area contributed by atoms with Crippen molar-refractivity contribution in [2.75, 3.05) is 27.4 Å². The molecule has 5 heteroatoms. The zero-order valence-corrected chi connectivity index (χ0v) is 12.6. The average molecular weight is 307 g/mol. The van der Waals surface area contributed by atoms with Gasteiger partial charge in [0, 0.05) is 22.2 Å². The summed E-state index contributed by atoms with van der Waals surface area (Å²) < 4.78 is 22.2. The zero-order valence-electron chi connectivity index (χ0n) is 11.8. The van der Waals surface area contributed by atoms with Gasteiger partial charge in [-0.3, -0.25) is 0 Å². The van der Waals surface area contributed by atoms with Gasteiger partial charge in [0.05, 0.1) is 14.2 Å². The Labute approximate surface area is 128 Å². The summed E-state index contributed by atoms with van der Waals surface area (Å²) >= 11 is 6.19. The fourth-order valence-electron chi connectivity index (χ4n) is 2.42. The third-order valence-electron chi connectivity index (χ3n) is 3.30. The second kappa shape index (κ2) is 5.74. The Morgan fingerprint density at radius 3 is 2.57 bits per heavy atom. The molecule has 2 aromatic carbocycles. The smallest absolute Gasteiger partial charge is 0.169 e. The molecule has 1 aliphatic heterocycles. The highest BCUT2D eigenvalue weighted by Gasteiger charge is 2.22. The first-order chi connectivity index (χ1) is 10.2. The second-order valence-electron chi connectivity index (χ2n) is 4.52. The Hall–Kier alpha value is -2.07. The van der Waals surface area contributed by atoms with Crippen molar-refractivity contribution in [2.24, 2.45) is 0 Å². The first-order valence-corrected chi connectivity index (χ1v) is 6.93. The summed E-state index contributed by atoms with van der Waals surface area (Å²) in [4.78, 5) is 0. The monoisotopic (exact) mass is 306 g/mol. The fraction of sp³-hybridized carbons (Fsp3) is 0.250. The molecule has 0 aliphatic carbocycles. The van der Waals surface area contributed by atoms with Gasteiger partial charge in [-0.2, -0.15) is 0 Å². The predicted molar refractivity (Wildman–Crippen MR) is 81.0 cm³/mol. The molecule has 0 N–H and O–H groups in total. The molecule has 0 saturated heterocycles. The number of benzene rings is 2. The van der Waals surface area contributed by atoms with Gasteiger partial charge < -0.3 is 18.9 Å². The molecule has 0 bridgehead atoms. The molecule has 0 atom stereocenters. The van der Waals surface area contributed by atoms with Crippen molar-refractivity contribution in [3.63, 3.8) is 0 Å². The van der Waals surface area contributed by atoms with Gasteiger partial charge in [-0.25, -0.2) is 0 Å². The number of para-hydroxylation sites is 1. The third-order valence-corrected chi connectivity index (χ3v) is 3.52. The van der Waals surface area contributed by atoms with Crippen molar-refractivity contribution >= 4 is 11.6 Å². The van der Waals surface area contributed by atoms with Crippen LogP contribution in [0.4, 0.5) is 0 Å². The second-order valence-corrected chi connectivity index (χ2v) is 4.96. The van der Waals surface area contributed by atoms with Crippen LogP contribution in [-0.4, -0.2) is 27.4 Å². The lowest BCUT2D eigenvalue weighted by molar-refractivity contribution is 0.172. The highest BCUT2D eigenvalue weighted by atomic mass is 35.5. The van der Waals surface area contributed by atoms with Crippen LogP contribution >= 0.6 is 11.6 Å². The van der Waals surface area contributed by atoms with Crippen LogP contribution in [0.3, 0.4) is 0 Å². The molecule has 2 aromatic rings. The van der Waals surface area contributed by atoms with E-state index in [9.17, 15) is 0 Å². The van der Waals surface area contributed by atoms with E-state index >= 15 is 0 Å². The Morgan fingerprint density at radius 2 is 1.81 bits per heavy atom. The molecule has 3 rings (SSSR count). The Morgan fingerprint density at radius 1 is 1.00 bits per heavy atom. The fourth-order valence-corrected chi connectivity index (χ4v) is 2.63. The van der Waals surface area contributed by atoms with Gasteiger partial charge in [0.1, 0.15) is 13.2 Å². The highest BCUT2D eigenvalue weighted by molar-refractivity contribution is 6.31. The van der Waals surface area contributed by atoms with Crippen LogP contribution in [0.2, 0.25) is 5.02 Å². The molecule has 0 saturated carbocycles. The highest BCUT2D eigenvalue weighted by Crippen LogP contribution is 2.47. The normalized spacial score (nSPS) is 12.9.